The molecule has 0 fully saturated rings. The highest BCUT2D eigenvalue weighted by Gasteiger charge is 2.18. The number of rotatable bonds is 5. The lowest BCUT2D eigenvalue weighted by atomic mass is 10.1. The predicted octanol–water partition coefficient (Wildman–Crippen LogP) is 4.03. The van der Waals surface area contributed by atoms with Crippen LogP contribution < -0.4 is 0 Å². The van der Waals surface area contributed by atoms with E-state index in [-0.39, 0.29) is 5.83 Å². The van der Waals surface area contributed by atoms with E-state index in [1.807, 2.05) is 23.7 Å². The van der Waals surface area contributed by atoms with Crippen LogP contribution in [0.1, 0.15) is 38.1 Å². The fourth-order valence-corrected chi connectivity index (χ4v) is 2.36. The Morgan fingerprint density at radius 3 is 2.95 bits per heavy atom. The van der Waals surface area contributed by atoms with Crippen LogP contribution in [0.4, 0.5) is 4.39 Å². The number of halogens is 1. The van der Waals surface area contributed by atoms with Crippen molar-refractivity contribution >= 4 is 5.57 Å². The van der Waals surface area contributed by atoms with Gasteiger partial charge in [-0.05, 0) is 44.4 Å². The molecule has 0 aliphatic carbocycles. The second-order valence-electron chi connectivity index (χ2n) is 4.76. The van der Waals surface area contributed by atoms with Crippen LogP contribution in [-0.2, 0) is 17.7 Å². The Balaban J connectivity index is 2.42. The molecule has 2 heterocycles. The van der Waals surface area contributed by atoms with Crippen LogP contribution in [0, 0.1) is 0 Å². The zero-order valence-corrected chi connectivity index (χ0v) is 12.3. The number of hydrogen-bond donors (Lipinski definition) is 0. The molecular formula is C16H21FN2O. The fourth-order valence-electron chi connectivity index (χ4n) is 2.36. The molecule has 1 aliphatic rings. The molecule has 1 aromatic heterocycles. The van der Waals surface area contributed by atoms with Gasteiger partial charge >= 0.3 is 0 Å². The van der Waals surface area contributed by atoms with Gasteiger partial charge in [0.2, 0.25) is 0 Å². The summed E-state index contributed by atoms with van der Waals surface area (Å²) >= 11 is 0. The highest BCUT2D eigenvalue weighted by atomic mass is 19.1. The summed E-state index contributed by atoms with van der Waals surface area (Å²) in [7, 11) is 1.59. The van der Waals surface area contributed by atoms with Crippen molar-refractivity contribution in [1.29, 1.82) is 0 Å². The SMILES string of the molecule is C\C=C(F)/C(=C\C(=C\CC)OC)c1cc2n(n1)CCC2. The number of hydrogen-bond acceptors (Lipinski definition) is 2. The number of ether oxygens (including phenoxy) is 1. The van der Waals surface area contributed by atoms with Crippen LogP contribution >= 0.6 is 0 Å². The second-order valence-corrected chi connectivity index (χ2v) is 4.76. The largest absolute Gasteiger partial charge is 0.497 e. The Hall–Kier alpha value is -1.84. The highest BCUT2D eigenvalue weighted by molar-refractivity contribution is 5.76. The Labute approximate surface area is 119 Å². The minimum absolute atomic E-state index is 0.277. The molecule has 2 rings (SSSR count). The van der Waals surface area contributed by atoms with E-state index in [0.717, 1.165) is 25.8 Å². The number of aryl methyl sites for hydroxylation is 2. The van der Waals surface area contributed by atoms with E-state index in [2.05, 4.69) is 5.10 Å². The predicted molar refractivity (Wildman–Crippen MR) is 78.8 cm³/mol. The fraction of sp³-hybridized carbons (Fsp3) is 0.438. The van der Waals surface area contributed by atoms with Crippen molar-refractivity contribution in [3.63, 3.8) is 0 Å². The zero-order valence-electron chi connectivity index (χ0n) is 12.3. The first-order valence-corrected chi connectivity index (χ1v) is 7.04. The molecule has 20 heavy (non-hydrogen) atoms. The molecule has 0 saturated carbocycles. The Bertz CT molecular complexity index is 546. The Morgan fingerprint density at radius 1 is 1.55 bits per heavy atom. The quantitative estimate of drug-likeness (QED) is 0.600. The highest BCUT2D eigenvalue weighted by Crippen LogP contribution is 2.27. The van der Waals surface area contributed by atoms with Crippen LogP contribution in [0.25, 0.3) is 5.57 Å². The molecule has 1 aliphatic heterocycles. The average molecular weight is 276 g/mol. The maximum absolute atomic E-state index is 14.1. The first-order chi connectivity index (χ1) is 9.69. The second kappa shape index (κ2) is 6.55. The van der Waals surface area contributed by atoms with Gasteiger partial charge in [-0.3, -0.25) is 4.68 Å². The zero-order chi connectivity index (χ0) is 14.5. The molecule has 0 amide bonds. The van der Waals surface area contributed by atoms with E-state index in [4.69, 9.17) is 4.74 Å². The number of fused-ring (bicyclic) bond motifs is 1. The summed E-state index contributed by atoms with van der Waals surface area (Å²) in [6, 6.07) is 1.97. The summed E-state index contributed by atoms with van der Waals surface area (Å²) in [4.78, 5) is 0. The van der Waals surface area contributed by atoms with Crippen LogP contribution in [0.3, 0.4) is 0 Å². The molecule has 0 unspecified atom stereocenters. The lowest BCUT2D eigenvalue weighted by molar-refractivity contribution is 0.305. The third kappa shape index (κ3) is 3.00. The van der Waals surface area contributed by atoms with Crippen molar-refractivity contribution in [2.45, 2.75) is 39.7 Å². The third-order valence-corrected chi connectivity index (χ3v) is 3.38. The minimum Gasteiger partial charge on any atom is -0.497 e. The molecule has 0 N–H and O–H groups in total. The van der Waals surface area contributed by atoms with Gasteiger partial charge in [-0.15, -0.1) is 0 Å². The molecular weight excluding hydrogens is 255 g/mol. The maximum atomic E-state index is 14.1. The molecule has 0 radical (unpaired) electrons. The van der Waals surface area contributed by atoms with Crippen molar-refractivity contribution in [1.82, 2.24) is 9.78 Å². The van der Waals surface area contributed by atoms with Gasteiger partial charge in [0.05, 0.1) is 12.8 Å². The van der Waals surface area contributed by atoms with E-state index in [0.29, 0.717) is 17.0 Å². The number of methoxy groups -OCH3 is 1. The third-order valence-electron chi connectivity index (χ3n) is 3.38. The summed E-state index contributed by atoms with van der Waals surface area (Å²) in [5.41, 5.74) is 2.33. The lowest BCUT2D eigenvalue weighted by Crippen LogP contribution is -1.97. The van der Waals surface area contributed by atoms with E-state index < -0.39 is 0 Å². The molecule has 0 atom stereocenters. The van der Waals surface area contributed by atoms with Crippen LogP contribution in [0.15, 0.2) is 35.9 Å². The van der Waals surface area contributed by atoms with Crippen molar-refractivity contribution in [2.75, 3.05) is 7.11 Å². The van der Waals surface area contributed by atoms with E-state index in [9.17, 15) is 4.39 Å². The molecule has 108 valence electrons. The van der Waals surface area contributed by atoms with Crippen molar-refractivity contribution < 1.29 is 9.13 Å². The summed E-state index contributed by atoms with van der Waals surface area (Å²) < 4.78 is 21.4. The number of allylic oxidation sites excluding steroid dienone is 5. The molecule has 0 aromatic carbocycles. The van der Waals surface area contributed by atoms with Crippen LogP contribution in [0.2, 0.25) is 0 Å². The van der Waals surface area contributed by atoms with Gasteiger partial charge in [-0.1, -0.05) is 13.0 Å². The molecule has 0 spiro atoms. The van der Waals surface area contributed by atoms with Gasteiger partial charge in [-0.2, -0.15) is 5.10 Å². The van der Waals surface area contributed by atoms with Gasteiger partial charge in [0.15, 0.2) is 0 Å². The summed E-state index contributed by atoms with van der Waals surface area (Å²) in [5, 5.41) is 4.49. The van der Waals surface area contributed by atoms with Crippen LogP contribution in [0.5, 0.6) is 0 Å². The number of aromatic nitrogens is 2. The van der Waals surface area contributed by atoms with Crippen molar-refractivity contribution in [3.8, 4) is 0 Å². The van der Waals surface area contributed by atoms with E-state index in [1.54, 1.807) is 20.1 Å². The first-order valence-electron chi connectivity index (χ1n) is 7.04. The van der Waals surface area contributed by atoms with E-state index in [1.165, 1.54) is 11.8 Å². The van der Waals surface area contributed by atoms with Gasteiger partial charge < -0.3 is 4.74 Å². The van der Waals surface area contributed by atoms with Crippen molar-refractivity contribution in [2.24, 2.45) is 0 Å². The summed E-state index contributed by atoms with van der Waals surface area (Å²) in [6.07, 6.45) is 8.07. The number of nitrogens with zero attached hydrogens (tertiary/aromatic N) is 2. The maximum Gasteiger partial charge on any atom is 0.128 e. The smallest absolute Gasteiger partial charge is 0.128 e. The molecule has 0 bridgehead atoms. The van der Waals surface area contributed by atoms with Gasteiger partial charge in [0.1, 0.15) is 11.6 Å². The topological polar surface area (TPSA) is 27.1 Å². The minimum atomic E-state index is -0.277. The lowest BCUT2D eigenvalue weighted by Gasteiger charge is -2.05. The van der Waals surface area contributed by atoms with Crippen LogP contribution in [-0.4, -0.2) is 16.9 Å². The monoisotopic (exact) mass is 276 g/mol. The molecule has 1 aromatic rings. The summed E-state index contributed by atoms with van der Waals surface area (Å²) in [6.45, 7) is 4.62. The average Bonchev–Trinajstić information content (AvgIpc) is 3.03. The van der Waals surface area contributed by atoms with Gasteiger partial charge in [0, 0.05) is 17.8 Å². The molecule has 4 heteroatoms. The standard InChI is InChI=1S/C16H21FN2O/c1-4-7-13(20-3)11-14(15(17)5-2)16-10-12-8-6-9-19(12)18-16/h5,7,10-11H,4,6,8-9H2,1-3H3/b13-7-,14-11+,15-5+. The normalized spacial score (nSPS) is 16.5. The first kappa shape index (κ1) is 14.6. The Morgan fingerprint density at radius 2 is 2.35 bits per heavy atom. The van der Waals surface area contributed by atoms with Gasteiger partial charge in [0.25, 0.3) is 0 Å². The summed E-state index contributed by atoms with van der Waals surface area (Å²) in [5.74, 6) is 0.383. The van der Waals surface area contributed by atoms with Crippen molar-refractivity contribution in [3.05, 3.63) is 47.3 Å². The van der Waals surface area contributed by atoms with E-state index >= 15 is 0 Å². The molecule has 3 nitrogen and oxygen atoms in total. The van der Waals surface area contributed by atoms with Gasteiger partial charge in [-0.25, -0.2) is 4.39 Å². The Kier molecular flexibility index (Phi) is 4.77. The molecule has 0 saturated heterocycles.